The number of rotatable bonds is 6. The van der Waals surface area contributed by atoms with Gasteiger partial charge in [-0.2, -0.15) is 0 Å². The molecule has 1 aliphatic rings. The summed E-state index contributed by atoms with van der Waals surface area (Å²) < 4.78 is 2.38. The lowest BCUT2D eigenvalue weighted by Gasteiger charge is -2.35. The van der Waals surface area contributed by atoms with Crippen molar-refractivity contribution in [2.45, 2.75) is 5.41 Å². The van der Waals surface area contributed by atoms with Crippen LogP contribution >= 0.6 is 0 Å². The van der Waals surface area contributed by atoms with Gasteiger partial charge in [0.05, 0.1) is 16.4 Å². The van der Waals surface area contributed by atoms with E-state index in [9.17, 15) is 0 Å². The molecule has 0 atom stereocenters. The van der Waals surface area contributed by atoms with Crippen LogP contribution < -0.4 is 4.90 Å². The molecule has 0 spiro atoms. The Balaban J connectivity index is 1.19. The van der Waals surface area contributed by atoms with Crippen molar-refractivity contribution in [2.75, 3.05) is 4.90 Å². The second kappa shape index (κ2) is 12.5. The van der Waals surface area contributed by atoms with Gasteiger partial charge in [0.2, 0.25) is 0 Å². The summed E-state index contributed by atoms with van der Waals surface area (Å²) in [7, 11) is 0. The number of hydrogen-bond acceptors (Lipinski definition) is 1. The van der Waals surface area contributed by atoms with Crippen molar-refractivity contribution < 1.29 is 0 Å². The SMILES string of the molecule is c1ccc(N(c2ccc3c(c2)C(c2ccccc2)(c2ccccc2)c2cc4ccccc4cc2-3)c2ccc3c(c2)c2ccccc2n3-c2ccccc2)cc1. The van der Waals surface area contributed by atoms with E-state index >= 15 is 0 Å². The van der Waals surface area contributed by atoms with Crippen molar-refractivity contribution in [1.29, 1.82) is 0 Å². The molecule has 2 nitrogen and oxygen atoms in total. The van der Waals surface area contributed by atoms with E-state index < -0.39 is 5.41 Å². The molecule has 0 N–H and O–H groups in total. The second-order valence-corrected chi connectivity index (χ2v) is 14.5. The monoisotopic (exact) mass is 700 g/mol. The van der Waals surface area contributed by atoms with Gasteiger partial charge in [0.15, 0.2) is 0 Å². The Hall–Kier alpha value is -7.16. The molecule has 11 rings (SSSR count). The van der Waals surface area contributed by atoms with Gasteiger partial charge >= 0.3 is 0 Å². The molecule has 1 aromatic heterocycles. The molecule has 1 aliphatic carbocycles. The summed E-state index contributed by atoms with van der Waals surface area (Å²) in [6.45, 7) is 0. The predicted octanol–water partition coefficient (Wildman–Crippen LogP) is 13.8. The van der Waals surface area contributed by atoms with Gasteiger partial charge in [0, 0.05) is 33.5 Å². The van der Waals surface area contributed by atoms with E-state index in [1.807, 2.05) is 0 Å². The van der Waals surface area contributed by atoms with E-state index in [1.165, 1.54) is 66.0 Å². The first-order valence-electron chi connectivity index (χ1n) is 19.0. The van der Waals surface area contributed by atoms with Crippen LogP contribution in [0.5, 0.6) is 0 Å². The van der Waals surface area contributed by atoms with Crippen molar-refractivity contribution in [3.63, 3.8) is 0 Å². The maximum atomic E-state index is 2.46. The third-order valence-corrected chi connectivity index (χ3v) is 11.6. The average Bonchev–Trinajstić information content (AvgIpc) is 3.74. The molecule has 55 heavy (non-hydrogen) atoms. The van der Waals surface area contributed by atoms with E-state index in [-0.39, 0.29) is 0 Å². The van der Waals surface area contributed by atoms with Gasteiger partial charge < -0.3 is 9.47 Å². The Labute approximate surface area is 320 Å². The Morgan fingerprint density at radius 1 is 0.345 bits per heavy atom. The van der Waals surface area contributed by atoms with Crippen molar-refractivity contribution in [3.05, 3.63) is 241 Å². The Bertz CT molecular complexity index is 2980. The number of fused-ring (bicyclic) bond motifs is 7. The summed E-state index contributed by atoms with van der Waals surface area (Å²) in [5.41, 5.74) is 14.0. The zero-order valence-electron chi connectivity index (χ0n) is 30.2. The van der Waals surface area contributed by atoms with Crippen molar-refractivity contribution in [1.82, 2.24) is 4.57 Å². The first-order valence-corrected chi connectivity index (χ1v) is 19.0. The highest BCUT2D eigenvalue weighted by Gasteiger charge is 2.46. The van der Waals surface area contributed by atoms with Gasteiger partial charge in [0.1, 0.15) is 0 Å². The van der Waals surface area contributed by atoms with Crippen LogP contribution in [0.4, 0.5) is 17.1 Å². The third-order valence-electron chi connectivity index (χ3n) is 11.6. The molecule has 2 heteroatoms. The smallest absolute Gasteiger partial charge is 0.0714 e. The van der Waals surface area contributed by atoms with Gasteiger partial charge in [-0.3, -0.25) is 0 Å². The normalized spacial score (nSPS) is 12.9. The summed E-state index contributed by atoms with van der Waals surface area (Å²) in [6, 6.07) is 80.1. The van der Waals surface area contributed by atoms with Gasteiger partial charge in [-0.25, -0.2) is 0 Å². The number of aromatic nitrogens is 1. The molecule has 0 fully saturated rings. The van der Waals surface area contributed by atoms with Crippen LogP contribution in [-0.2, 0) is 5.41 Å². The highest BCUT2D eigenvalue weighted by molar-refractivity contribution is 6.10. The van der Waals surface area contributed by atoms with Crippen LogP contribution in [0.25, 0.3) is 49.4 Å². The molecule has 0 aliphatic heterocycles. The fourth-order valence-electron chi connectivity index (χ4n) is 9.28. The van der Waals surface area contributed by atoms with E-state index in [4.69, 9.17) is 0 Å². The molecule has 0 saturated carbocycles. The highest BCUT2D eigenvalue weighted by Crippen LogP contribution is 2.58. The molecule has 9 aromatic carbocycles. The molecular weight excluding hydrogens is 665 g/mol. The second-order valence-electron chi connectivity index (χ2n) is 14.5. The molecule has 1 heterocycles. The lowest BCUT2D eigenvalue weighted by molar-refractivity contribution is 0.769. The average molecular weight is 701 g/mol. The fraction of sp³-hybridized carbons (Fsp3) is 0.0189. The topological polar surface area (TPSA) is 8.17 Å². The summed E-state index contributed by atoms with van der Waals surface area (Å²) in [5, 5.41) is 4.96. The number of benzene rings is 9. The van der Waals surface area contributed by atoms with E-state index in [1.54, 1.807) is 0 Å². The first-order chi connectivity index (χ1) is 27.3. The van der Waals surface area contributed by atoms with E-state index in [2.05, 4.69) is 228 Å². The van der Waals surface area contributed by atoms with E-state index in [0.717, 1.165) is 22.7 Å². The summed E-state index contributed by atoms with van der Waals surface area (Å²) in [5.74, 6) is 0. The van der Waals surface area contributed by atoms with Crippen LogP contribution in [0.1, 0.15) is 22.3 Å². The summed E-state index contributed by atoms with van der Waals surface area (Å²) in [4.78, 5) is 2.43. The minimum absolute atomic E-state index is 0.525. The maximum absolute atomic E-state index is 2.46. The minimum atomic E-state index is -0.525. The minimum Gasteiger partial charge on any atom is -0.310 e. The number of anilines is 3. The number of para-hydroxylation sites is 3. The predicted molar refractivity (Wildman–Crippen MR) is 230 cm³/mol. The molecule has 0 radical (unpaired) electrons. The van der Waals surface area contributed by atoms with Crippen LogP contribution in [0.2, 0.25) is 0 Å². The molecule has 0 bridgehead atoms. The molecule has 0 amide bonds. The van der Waals surface area contributed by atoms with Crippen LogP contribution in [0, 0.1) is 0 Å². The van der Waals surface area contributed by atoms with Crippen molar-refractivity contribution >= 4 is 49.6 Å². The van der Waals surface area contributed by atoms with Gasteiger partial charge in [-0.1, -0.05) is 146 Å². The molecule has 258 valence electrons. The largest absolute Gasteiger partial charge is 0.310 e. The van der Waals surface area contributed by atoms with Crippen molar-refractivity contribution in [2.24, 2.45) is 0 Å². The number of hydrogen-bond donors (Lipinski definition) is 0. The quantitative estimate of drug-likeness (QED) is 0.168. The molecular formula is C53H36N2. The Morgan fingerprint density at radius 2 is 0.873 bits per heavy atom. The summed E-state index contributed by atoms with van der Waals surface area (Å²) >= 11 is 0. The van der Waals surface area contributed by atoms with Crippen LogP contribution in [-0.4, -0.2) is 4.57 Å². The summed E-state index contributed by atoms with van der Waals surface area (Å²) in [6.07, 6.45) is 0. The number of nitrogens with zero attached hydrogens (tertiary/aromatic N) is 2. The van der Waals surface area contributed by atoms with Crippen LogP contribution in [0.15, 0.2) is 218 Å². The fourth-order valence-corrected chi connectivity index (χ4v) is 9.28. The lowest BCUT2D eigenvalue weighted by Crippen LogP contribution is -2.28. The van der Waals surface area contributed by atoms with Crippen LogP contribution in [0.3, 0.4) is 0 Å². The molecule has 0 unspecified atom stereocenters. The standard InChI is InChI=1S/C53H36N2/c1-5-19-39(20-6-1)53(40-21-7-2-8-22-40)49-34-38-18-14-13-17-37(38)33-47(49)45-31-29-44(36-50(45)53)54(41-23-9-3-10-24-41)43-30-32-52-48(35-43)46-27-15-16-28-51(46)55(52)42-25-11-4-12-26-42/h1-36H. The third kappa shape index (κ3) is 4.75. The lowest BCUT2D eigenvalue weighted by atomic mass is 9.67. The zero-order chi connectivity index (χ0) is 36.3. The van der Waals surface area contributed by atoms with Crippen molar-refractivity contribution in [3.8, 4) is 16.8 Å². The van der Waals surface area contributed by atoms with Gasteiger partial charge in [-0.05, 0) is 117 Å². The maximum Gasteiger partial charge on any atom is 0.0714 e. The van der Waals surface area contributed by atoms with E-state index in [0.29, 0.717) is 0 Å². The first kappa shape index (κ1) is 31.4. The van der Waals surface area contributed by atoms with Gasteiger partial charge in [0.25, 0.3) is 0 Å². The molecule has 10 aromatic rings. The molecule has 0 saturated heterocycles. The Morgan fingerprint density at radius 3 is 1.58 bits per heavy atom. The van der Waals surface area contributed by atoms with Gasteiger partial charge in [-0.15, -0.1) is 0 Å². The Kier molecular flexibility index (Phi) is 7.11. The zero-order valence-corrected chi connectivity index (χ0v) is 30.2. The highest BCUT2D eigenvalue weighted by atomic mass is 15.1.